The van der Waals surface area contributed by atoms with Crippen LogP contribution in [-0.2, 0) is 11.2 Å². The molecular formula is C15H22N2O2. The van der Waals surface area contributed by atoms with Gasteiger partial charge in [-0.2, -0.15) is 0 Å². The van der Waals surface area contributed by atoms with E-state index in [4.69, 9.17) is 5.11 Å². The average molecular weight is 262 g/mol. The minimum absolute atomic E-state index is 0.102. The van der Waals surface area contributed by atoms with Gasteiger partial charge in [-0.25, -0.2) is 0 Å². The number of nitrogens with zero attached hydrogens (tertiary/aromatic N) is 1. The van der Waals surface area contributed by atoms with E-state index < -0.39 is 5.97 Å². The van der Waals surface area contributed by atoms with Crippen LogP contribution >= 0.6 is 0 Å². The molecule has 1 heterocycles. The number of hydrogen-bond donors (Lipinski definition) is 2. The number of nitrogens with one attached hydrogen (secondary N) is 1. The fourth-order valence-electron chi connectivity index (χ4n) is 2.75. The Morgan fingerprint density at radius 2 is 2.11 bits per heavy atom. The Hall–Kier alpha value is -1.39. The Labute approximate surface area is 114 Å². The van der Waals surface area contributed by atoms with Gasteiger partial charge in [-0.3, -0.25) is 9.69 Å². The quantitative estimate of drug-likeness (QED) is 0.841. The highest BCUT2D eigenvalue weighted by atomic mass is 16.4. The van der Waals surface area contributed by atoms with Crippen LogP contribution < -0.4 is 5.32 Å². The Bertz CT molecular complexity index is 408. The van der Waals surface area contributed by atoms with Gasteiger partial charge in [-0.1, -0.05) is 30.3 Å². The number of carboxylic acid groups (broad SMARTS) is 1. The zero-order valence-corrected chi connectivity index (χ0v) is 11.4. The van der Waals surface area contributed by atoms with E-state index in [0.717, 1.165) is 26.1 Å². The van der Waals surface area contributed by atoms with Gasteiger partial charge in [-0.15, -0.1) is 0 Å². The molecule has 0 bridgehead atoms. The third-order valence-corrected chi connectivity index (χ3v) is 3.77. The summed E-state index contributed by atoms with van der Waals surface area (Å²) in [4.78, 5) is 13.3. The summed E-state index contributed by atoms with van der Waals surface area (Å²) in [7, 11) is 0. The lowest BCUT2D eigenvalue weighted by molar-refractivity contribution is -0.138. The van der Waals surface area contributed by atoms with Crippen LogP contribution in [0.25, 0.3) is 0 Å². The number of hydrogen-bond acceptors (Lipinski definition) is 3. The highest BCUT2D eigenvalue weighted by molar-refractivity contribution is 5.67. The second-order valence-electron chi connectivity index (χ2n) is 5.23. The predicted octanol–water partition coefficient (Wildman–Crippen LogP) is 1.37. The molecule has 1 aliphatic heterocycles. The number of rotatable bonds is 5. The van der Waals surface area contributed by atoms with E-state index in [9.17, 15) is 4.79 Å². The van der Waals surface area contributed by atoms with Crippen molar-refractivity contribution >= 4 is 5.97 Å². The zero-order valence-electron chi connectivity index (χ0n) is 11.4. The lowest BCUT2D eigenvalue weighted by Crippen LogP contribution is -2.57. The largest absolute Gasteiger partial charge is 0.481 e. The van der Waals surface area contributed by atoms with Crippen LogP contribution in [-0.4, -0.2) is 47.7 Å². The summed E-state index contributed by atoms with van der Waals surface area (Å²) in [5, 5.41) is 12.3. The van der Waals surface area contributed by atoms with Crippen molar-refractivity contribution in [3.63, 3.8) is 0 Å². The Balaban J connectivity index is 1.95. The van der Waals surface area contributed by atoms with Gasteiger partial charge in [0.05, 0.1) is 6.42 Å². The number of carbonyl (C=O) groups is 1. The molecule has 1 aromatic carbocycles. The number of carboxylic acids is 1. The predicted molar refractivity (Wildman–Crippen MR) is 75.2 cm³/mol. The summed E-state index contributed by atoms with van der Waals surface area (Å²) in [6.07, 6.45) is 1.19. The molecule has 104 valence electrons. The first-order valence-corrected chi connectivity index (χ1v) is 6.89. The Kier molecular flexibility index (Phi) is 4.93. The topological polar surface area (TPSA) is 52.6 Å². The molecule has 4 nitrogen and oxygen atoms in total. The molecule has 1 aliphatic rings. The lowest BCUT2D eigenvalue weighted by atomic mass is 10.0. The number of aliphatic carboxylic acids is 1. The van der Waals surface area contributed by atoms with Gasteiger partial charge in [0.1, 0.15) is 0 Å². The van der Waals surface area contributed by atoms with E-state index in [1.807, 2.05) is 18.2 Å². The molecule has 0 amide bonds. The third-order valence-electron chi connectivity index (χ3n) is 3.77. The summed E-state index contributed by atoms with van der Waals surface area (Å²) >= 11 is 0. The van der Waals surface area contributed by atoms with Crippen LogP contribution in [0.1, 0.15) is 18.9 Å². The van der Waals surface area contributed by atoms with E-state index >= 15 is 0 Å². The molecule has 1 saturated heterocycles. The molecular weight excluding hydrogens is 240 g/mol. The van der Waals surface area contributed by atoms with E-state index in [2.05, 4.69) is 29.3 Å². The van der Waals surface area contributed by atoms with Crippen LogP contribution in [0.2, 0.25) is 0 Å². The van der Waals surface area contributed by atoms with Crippen molar-refractivity contribution < 1.29 is 9.90 Å². The summed E-state index contributed by atoms with van der Waals surface area (Å²) < 4.78 is 0. The summed E-state index contributed by atoms with van der Waals surface area (Å²) in [6.45, 7) is 4.78. The molecule has 2 unspecified atom stereocenters. The van der Waals surface area contributed by atoms with Crippen molar-refractivity contribution in [1.82, 2.24) is 10.2 Å². The fourth-order valence-corrected chi connectivity index (χ4v) is 2.75. The third kappa shape index (κ3) is 4.04. The van der Waals surface area contributed by atoms with Crippen LogP contribution in [0, 0.1) is 0 Å². The minimum atomic E-state index is -0.717. The molecule has 4 heteroatoms. The maximum absolute atomic E-state index is 10.9. The van der Waals surface area contributed by atoms with E-state index in [-0.39, 0.29) is 12.5 Å². The molecule has 1 aromatic rings. The Morgan fingerprint density at radius 1 is 1.37 bits per heavy atom. The van der Waals surface area contributed by atoms with Gasteiger partial charge in [0.15, 0.2) is 0 Å². The van der Waals surface area contributed by atoms with Gasteiger partial charge >= 0.3 is 5.97 Å². The van der Waals surface area contributed by atoms with Crippen molar-refractivity contribution in [3.8, 4) is 0 Å². The van der Waals surface area contributed by atoms with Gasteiger partial charge in [0, 0.05) is 31.7 Å². The Morgan fingerprint density at radius 3 is 2.79 bits per heavy atom. The zero-order chi connectivity index (χ0) is 13.7. The minimum Gasteiger partial charge on any atom is -0.481 e. The number of piperazine rings is 1. The molecule has 0 aliphatic carbocycles. The van der Waals surface area contributed by atoms with E-state index in [1.165, 1.54) is 5.56 Å². The first-order chi connectivity index (χ1) is 9.16. The molecule has 0 spiro atoms. The monoisotopic (exact) mass is 262 g/mol. The average Bonchev–Trinajstić information content (AvgIpc) is 2.38. The van der Waals surface area contributed by atoms with Gasteiger partial charge in [-0.05, 0) is 18.9 Å². The SMILES string of the molecule is CC1CNCC(CC(=O)O)N1CCc1ccccc1. The maximum Gasteiger partial charge on any atom is 0.304 e. The first-order valence-electron chi connectivity index (χ1n) is 6.89. The summed E-state index contributed by atoms with van der Waals surface area (Å²) in [5.74, 6) is -0.717. The van der Waals surface area contributed by atoms with Crippen LogP contribution in [0.3, 0.4) is 0 Å². The van der Waals surface area contributed by atoms with Crippen molar-refractivity contribution in [2.24, 2.45) is 0 Å². The van der Waals surface area contributed by atoms with Crippen LogP contribution in [0.15, 0.2) is 30.3 Å². The smallest absolute Gasteiger partial charge is 0.304 e. The second kappa shape index (κ2) is 6.68. The molecule has 0 radical (unpaired) electrons. The standard InChI is InChI=1S/C15H22N2O2/c1-12-10-16-11-14(9-15(18)19)17(12)8-7-13-5-3-2-4-6-13/h2-6,12,14,16H,7-11H2,1H3,(H,18,19). The van der Waals surface area contributed by atoms with Crippen molar-refractivity contribution in [3.05, 3.63) is 35.9 Å². The highest BCUT2D eigenvalue weighted by Crippen LogP contribution is 2.14. The summed E-state index contributed by atoms with van der Waals surface area (Å²) in [6, 6.07) is 10.9. The summed E-state index contributed by atoms with van der Waals surface area (Å²) in [5.41, 5.74) is 1.31. The molecule has 2 atom stereocenters. The lowest BCUT2D eigenvalue weighted by Gasteiger charge is -2.40. The van der Waals surface area contributed by atoms with Gasteiger partial charge < -0.3 is 10.4 Å². The molecule has 2 rings (SSSR count). The number of benzene rings is 1. The van der Waals surface area contributed by atoms with Gasteiger partial charge in [0.2, 0.25) is 0 Å². The molecule has 0 aromatic heterocycles. The molecule has 1 fully saturated rings. The fraction of sp³-hybridized carbons (Fsp3) is 0.533. The van der Waals surface area contributed by atoms with E-state index in [0.29, 0.717) is 6.04 Å². The normalized spacial score (nSPS) is 24.3. The van der Waals surface area contributed by atoms with Crippen molar-refractivity contribution in [2.45, 2.75) is 31.8 Å². The molecule has 0 saturated carbocycles. The van der Waals surface area contributed by atoms with Crippen molar-refractivity contribution in [1.29, 1.82) is 0 Å². The molecule has 19 heavy (non-hydrogen) atoms. The van der Waals surface area contributed by atoms with Gasteiger partial charge in [0.25, 0.3) is 0 Å². The second-order valence-corrected chi connectivity index (χ2v) is 5.23. The van der Waals surface area contributed by atoms with Crippen LogP contribution in [0.5, 0.6) is 0 Å². The van der Waals surface area contributed by atoms with E-state index in [1.54, 1.807) is 0 Å². The van der Waals surface area contributed by atoms with Crippen molar-refractivity contribution in [2.75, 3.05) is 19.6 Å². The van der Waals surface area contributed by atoms with Crippen LogP contribution in [0.4, 0.5) is 0 Å². The maximum atomic E-state index is 10.9. The highest BCUT2D eigenvalue weighted by Gasteiger charge is 2.28. The first kappa shape index (κ1) is 14.0. The molecule has 2 N–H and O–H groups in total.